The van der Waals surface area contributed by atoms with Crippen molar-refractivity contribution in [1.82, 2.24) is 0 Å². The Morgan fingerprint density at radius 2 is 0.568 bits per heavy atom. The Balaban J connectivity index is 0.953. The third kappa shape index (κ3) is 6.81. The van der Waals surface area contributed by atoms with Gasteiger partial charge in [-0.3, -0.25) is 0 Å². The lowest BCUT2D eigenvalue weighted by Crippen LogP contribution is -2.11. The quantitative estimate of drug-likeness (QED) is 0.122. The largest absolute Gasteiger partial charge is 0.0616 e. The van der Waals surface area contributed by atoms with Crippen LogP contribution in [0.15, 0.2) is 231 Å². The maximum Gasteiger partial charge on any atom is -0.00201 e. The van der Waals surface area contributed by atoms with E-state index < -0.39 is 0 Å². The highest BCUT2D eigenvalue weighted by Gasteiger charge is 2.24. The maximum absolute atomic E-state index is 2.46. The van der Waals surface area contributed by atoms with Gasteiger partial charge in [-0.1, -0.05) is 248 Å². The molecule has 0 saturated heterocycles. The van der Waals surface area contributed by atoms with Crippen molar-refractivity contribution < 1.29 is 0 Å². The van der Waals surface area contributed by atoms with E-state index >= 15 is 0 Å². The molecule has 0 N–H and O–H groups in total. The average Bonchev–Trinajstić information content (AvgIpc) is 3.42. The van der Waals surface area contributed by atoms with Gasteiger partial charge in [0.25, 0.3) is 0 Å². The molecule has 14 rings (SSSR count). The summed E-state index contributed by atoms with van der Waals surface area (Å²) in [4.78, 5) is 0. The zero-order valence-electron chi connectivity index (χ0n) is 42.9. The van der Waals surface area contributed by atoms with E-state index in [-0.39, 0.29) is 10.8 Å². The monoisotopic (exact) mass is 944 g/mol. The summed E-state index contributed by atoms with van der Waals surface area (Å²) in [6.07, 6.45) is 0. The van der Waals surface area contributed by atoms with Crippen LogP contribution in [0.4, 0.5) is 0 Å². The fourth-order valence-electron chi connectivity index (χ4n) is 12.8. The summed E-state index contributed by atoms with van der Waals surface area (Å²) in [5, 5.41) is 22.9. The van der Waals surface area contributed by atoms with Crippen molar-refractivity contribution in [2.75, 3.05) is 0 Å². The first-order chi connectivity index (χ1) is 36.0. The Morgan fingerprint density at radius 1 is 0.216 bits per heavy atom. The third-order valence-electron chi connectivity index (χ3n) is 16.3. The summed E-state index contributed by atoms with van der Waals surface area (Å²) in [6.45, 7) is 13.9. The van der Waals surface area contributed by atoms with Gasteiger partial charge in [0.05, 0.1) is 0 Å². The van der Waals surface area contributed by atoms with Crippen molar-refractivity contribution in [1.29, 1.82) is 0 Å². The van der Waals surface area contributed by atoms with Crippen LogP contribution in [-0.4, -0.2) is 0 Å². The highest BCUT2D eigenvalue weighted by Crippen LogP contribution is 2.49. The highest BCUT2D eigenvalue weighted by molar-refractivity contribution is 6.28. The van der Waals surface area contributed by atoms with Crippen molar-refractivity contribution in [2.24, 2.45) is 0 Å². The van der Waals surface area contributed by atoms with Crippen LogP contribution >= 0.6 is 0 Å². The van der Waals surface area contributed by atoms with E-state index in [1.54, 1.807) is 0 Å². The van der Waals surface area contributed by atoms with Crippen molar-refractivity contribution in [2.45, 2.75) is 52.4 Å². The molecule has 0 spiro atoms. The van der Waals surface area contributed by atoms with Crippen LogP contribution in [-0.2, 0) is 10.8 Å². The van der Waals surface area contributed by atoms with E-state index in [0.29, 0.717) is 0 Å². The second kappa shape index (κ2) is 16.5. The Bertz CT molecular complexity index is 4530. The van der Waals surface area contributed by atoms with Crippen molar-refractivity contribution >= 4 is 97.0 Å². The van der Waals surface area contributed by atoms with E-state index in [4.69, 9.17) is 0 Å². The molecule has 0 unspecified atom stereocenters. The molecule has 14 aromatic carbocycles. The van der Waals surface area contributed by atoms with Crippen LogP contribution in [0.2, 0.25) is 0 Å². The lowest BCUT2D eigenvalue weighted by Gasteiger charge is -2.24. The molecule has 0 nitrogen and oxygen atoms in total. The fraction of sp³-hybridized carbons (Fsp3) is 0.108. The summed E-state index contributed by atoms with van der Waals surface area (Å²) in [7, 11) is 0. The van der Waals surface area contributed by atoms with Crippen LogP contribution in [0.1, 0.15) is 52.7 Å². The normalized spacial score (nSPS) is 12.5. The molecule has 0 aliphatic heterocycles. The van der Waals surface area contributed by atoms with Crippen molar-refractivity contribution in [3.05, 3.63) is 242 Å². The number of fused-ring (bicyclic) bond motifs is 12. The van der Waals surface area contributed by atoms with Gasteiger partial charge in [-0.25, -0.2) is 0 Å². The maximum atomic E-state index is 2.46. The van der Waals surface area contributed by atoms with Gasteiger partial charge >= 0.3 is 0 Å². The topological polar surface area (TPSA) is 0 Å². The average molecular weight is 945 g/mol. The van der Waals surface area contributed by atoms with E-state index in [2.05, 4.69) is 272 Å². The lowest BCUT2D eigenvalue weighted by atomic mass is 9.80. The van der Waals surface area contributed by atoms with Gasteiger partial charge in [-0.15, -0.1) is 0 Å². The Morgan fingerprint density at radius 3 is 1.01 bits per heavy atom. The van der Waals surface area contributed by atoms with Crippen molar-refractivity contribution in [3.63, 3.8) is 0 Å². The molecule has 0 fully saturated rings. The first kappa shape index (κ1) is 44.1. The Hall–Kier alpha value is -8.58. The molecule has 0 atom stereocenters. The van der Waals surface area contributed by atoms with E-state index in [0.717, 1.165) is 0 Å². The predicted octanol–water partition coefficient (Wildman–Crippen LogP) is 21.3. The lowest BCUT2D eigenvalue weighted by molar-refractivity contribution is 0.591. The first-order valence-electron chi connectivity index (χ1n) is 26.3. The molecule has 0 saturated carbocycles. The fourth-order valence-corrected chi connectivity index (χ4v) is 12.8. The molecular formula is C74H56. The van der Waals surface area contributed by atoms with Crippen molar-refractivity contribution in [3.8, 4) is 44.5 Å². The first-order valence-corrected chi connectivity index (χ1v) is 26.3. The van der Waals surface area contributed by atoms with Gasteiger partial charge in [0.1, 0.15) is 0 Å². The minimum absolute atomic E-state index is 0.0215. The minimum Gasteiger partial charge on any atom is -0.0616 e. The minimum atomic E-state index is 0.0215. The zero-order valence-corrected chi connectivity index (χ0v) is 42.9. The SMILES string of the molecule is CC(C)(C)c1ccc2c3ccc(-c4c5ccccc5c(-c5ccc6ccc(-c7c8ccccc8c(-c8ccc(C(C)(C)C)c9ccccc89)c8ccccc78)cc6c5)c5ccccc45)cc3c3ccccc3c2c1. The van der Waals surface area contributed by atoms with E-state index in [1.807, 2.05) is 0 Å². The second-order valence-electron chi connectivity index (χ2n) is 22.7. The molecule has 74 heavy (non-hydrogen) atoms. The van der Waals surface area contributed by atoms with Gasteiger partial charge in [-0.2, -0.15) is 0 Å². The number of rotatable bonds is 4. The second-order valence-corrected chi connectivity index (χ2v) is 22.7. The van der Waals surface area contributed by atoms with Crippen LogP contribution in [0.5, 0.6) is 0 Å². The smallest absolute Gasteiger partial charge is 0.00201 e. The van der Waals surface area contributed by atoms with Crippen LogP contribution < -0.4 is 0 Å². The van der Waals surface area contributed by atoms with E-state index in [9.17, 15) is 0 Å². The number of hydrogen-bond acceptors (Lipinski definition) is 0. The summed E-state index contributed by atoms with van der Waals surface area (Å²) in [5.41, 5.74) is 12.9. The van der Waals surface area contributed by atoms with Crippen LogP contribution in [0, 0.1) is 0 Å². The molecule has 0 aliphatic carbocycles. The number of hydrogen-bond donors (Lipinski definition) is 0. The Labute approximate surface area is 433 Å². The van der Waals surface area contributed by atoms with E-state index in [1.165, 1.54) is 153 Å². The molecule has 0 aliphatic rings. The number of benzene rings is 14. The van der Waals surface area contributed by atoms with Gasteiger partial charge < -0.3 is 0 Å². The van der Waals surface area contributed by atoms with Crippen LogP contribution in [0.3, 0.4) is 0 Å². The molecular weight excluding hydrogens is 889 g/mol. The summed E-state index contributed by atoms with van der Waals surface area (Å²) >= 11 is 0. The molecule has 0 bridgehead atoms. The Kier molecular flexibility index (Phi) is 9.83. The standard InChI is InChI=1S/C74H56/c1-73(2,3)50-36-38-55-54-37-35-48(43-66(54)51-19-7-8-20-52(51)67(55)44-50)71-59-25-13-11-23-57(59)69(58-24-12-14-26-60(58)71)46-33-31-45-32-34-47(42-49(45)41-46)70-61-27-15-17-29-63(61)72(64-30-18-16-28-62(64)70)65-39-40-68(74(4,5)6)56-22-10-9-21-53(56)65/h7-44H,1-6H3. The zero-order chi connectivity index (χ0) is 50.0. The molecule has 352 valence electrons. The van der Waals surface area contributed by atoms with Gasteiger partial charge in [-0.05, 0) is 188 Å². The highest BCUT2D eigenvalue weighted by atomic mass is 14.3. The molecule has 0 heterocycles. The summed E-state index contributed by atoms with van der Waals surface area (Å²) in [6, 6.07) is 87.5. The third-order valence-corrected chi connectivity index (χ3v) is 16.3. The van der Waals surface area contributed by atoms with Gasteiger partial charge in [0.15, 0.2) is 0 Å². The molecule has 14 aromatic rings. The molecule has 0 radical (unpaired) electrons. The molecule has 0 amide bonds. The summed E-state index contributed by atoms with van der Waals surface area (Å²) < 4.78 is 0. The van der Waals surface area contributed by atoms with Crippen LogP contribution in [0.25, 0.3) is 141 Å². The molecule has 0 aromatic heterocycles. The van der Waals surface area contributed by atoms with Gasteiger partial charge in [0.2, 0.25) is 0 Å². The summed E-state index contributed by atoms with van der Waals surface area (Å²) in [5.74, 6) is 0. The van der Waals surface area contributed by atoms with Gasteiger partial charge in [0, 0.05) is 0 Å². The molecule has 0 heteroatoms. The predicted molar refractivity (Wildman–Crippen MR) is 323 cm³/mol.